The van der Waals surface area contributed by atoms with Crippen molar-refractivity contribution in [3.8, 4) is 11.1 Å². The number of hydrogen-bond donors (Lipinski definition) is 1. The van der Waals surface area contributed by atoms with Gasteiger partial charge in [0.15, 0.2) is 0 Å². The Balaban J connectivity index is 0.000000453. The third kappa shape index (κ3) is 14.7. The number of unbranched alkanes of at least 4 members (excludes halogenated alkanes) is 15. The molecule has 0 amide bonds. The van der Waals surface area contributed by atoms with Crippen LogP contribution in [0.15, 0.2) is 142 Å². The maximum absolute atomic E-state index is 4.35. The Hall–Kier alpha value is -2.75. The summed E-state index contributed by atoms with van der Waals surface area (Å²) < 4.78 is 6.18. The van der Waals surface area contributed by atoms with E-state index in [2.05, 4.69) is 148 Å². The molecule has 0 bridgehead atoms. The Kier molecular flexibility index (Phi) is 21.3. The van der Waals surface area contributed by atoms with Crippen molar-refractivity contribution in [2.45, 2.75) is 137 Å². The largest absolute Gasteiger partial charge is 0.0622 e. The molecule has 0 saturated heterocycles. The van der Waals surface area contributed by atoms with Crippen LogP contribution in [0, 0.1) is 5.92 Å². The average Bonchev–Trinajstić information content (AvgIpc) is 3.41. The summed E-state index contributed by atoms with van der Waals surface area (Å²) in [5, 5.41) is 3.24. The van der Waals surface area contributed by atoms with E-state index in [1.807, 2.05) is 16.0 Å². The normalized spacial score (nSPS) is 14.1. The van der Waals surface area contributed by atoms with Crippen LogP contribution in [-0.2, 0) is 17.4 Å². The van der Waals surface area contributed by atoms with E-state index < -0.39 is 24.0 Å². The zero-order valence-corrected chi connectivity index (χ0v) is 37.4. The van der Waals surface area contributed by atoms with Gasteiger partial charge in [0.25, 0.3) is 0 Å². The van der Waals surface area contributed by atoms with E-state index in [1.54, 1.807) is 27.1 Å². The summed E-state index contributed by atoms with van der Waals surface area (Å²) in [5.74, 6) is 0.598. The van der Waals surface area contributed by atoms with Gasteiger partial charge in [0.05, 0.1) is 0 Å². The van der Waals surface area contributed by atoms with E-state index in [0.717, 1.165) is 0 Å². The Morgan fingerprint density at radius 2 is 0.815 bits per heavy atom. The summed E-state index contributed by atoms with van der Waals surface area (Å²) in [4.78, 5) is 0. The topological polar surface area (TPSA) is 12.0 Å². The van der Waals surface area contributed by atoms with Gasteiger partial charge in [-0.2, -0.15) is 0 Å². The van der Waals surface area contributed by atoms with Crippen LogP contribution in [0.3, 0.4) is 0 Å². The SMILES string of the molecule is CCCCCCCCCCCCCCCCCC[NH][Ti]([C]1=C(C)C(C)=C(C)C1C)[SiH](c1ccccc1)c1ccccc1.c1ccc(-c2ccccc2)cc1. The van der Waals surface area contributed by atoms with Crippen molar-refractivity contribution in [1.82, 2.24) is 3.80 Å². The van der Waals surface area contributed by atoms with Gasteiger partial charge in [-0.1, -0.05) is 106 Å². The first-order valence-corrected chi connectivity index (χ1v) is 27.7. The van der Waals surface area contributed by atoms with Crippen molar-refractivity contribution in [3.63, 3.8) is 0 Å². The zero-order chi connectivity index (χ0) is 38.2. The number of rotatable bonds is 23. The molecule has 0 heterocycles. The second-order valence-corrected chi connectivity index (χ2v) is 25.7. The summed E-state index contributed by atoms with van der Waals surface area (Å²) in [7, 11) is 0. The van der Waals surface area contributed by atoms with Crippen molar-refractivity contribution < 1.29 is 17.4 Å². The van der Waals surface area contributed by atoms with Crippen LogP contribution >= 0.6 is 0 Å². The van der Waals surface area contributed by atoms with Gasteiger partial charge in [-0.3, -0.25) is 0 Å². The minimum absolute atomic E-state index is 0.598. The van der Waals surface area contributed by atoms with E-state index in [4.69, 9.17) is 0 Å². The summed E-state index contributed by atoms with van der Waals surface area (Å²) in [6, 6.07) is 43.9. The third-order valence-corrected chi connectivity index (χ3v) is 25.5. The van der Waals surface area contributed by atoms with Gasteiger partial charge in [0, 0.05) is 0 Å². The Morgan fingerprint density at radius 1 is 0.463 bits per heavy atom. The minimum Gasteiger partial charge on any atom is -0.0622 e. The fourth-order valence-corrected chi connectivity index (χ4v) is 23.7. The van der Waals surface area contributed by atoms with Crippen LogP contribution in [0.5, 0.6) is 0 Å². The van der Waals surface area contributed by atoms with E-state index >= 15 is 0 Å². The first-order valence-electron chi connectivity index (χ1n) is 21.7. The average molecular weight is 775 g/mol. The Bertz CT molecular complexity index is 1540. The van der Waals surface area contributed by atoms with Crippen molar-refractivity contribution in [2.24, 2.45) is 5.92 Å². The first-order chi connectivity index (χ1) is 26.5. The van der Waals surface area contributed by atoms with Crippen molar-refractivity contribution in [3.05, 3.63) is 142 Å². The van der Waals surface area contributed by atoms with Gasteiger partial charge in [0.2, 0.25) is 0 Å². The maximum atomic E-state index is 4.35. The molecule has 1 aliphatic rings. The molecule has 0 aliphatic heterocycles. The Labute approximate surface area is 339 Å². The quantitative estimate of drug-likeness (QED) is 0.0585. The first kappa shape index (κ1) is 44.0. The molecule has 5 rings (SSSR count). The summed E-state index contributed by atoms with van der Waals surface area (Å²) >= 11 is -1.79. The van der Waals surface area contributed by atoms with Gasteiger partial charge < -0.3 is 0 Å². The molecule has 1 N–H and O–H groups in total. The molecule has 1 unspecified atom stereocenters. The van der Waals surface area contributed by atoms with Crippen LogP contribution in [-0.4, -0.2) is 13.2 Å². The van der Waals surface area contributed by atoms with E-state index in [9.17, 15) is 0 Å². The third-order valence-electron chi connectivity index (χ3n) is 11.7. The van der Waals surface area contributed by atoms with Gasteiger partial charge >= 0.3 is 224 Å². The maximum Gasteiger partial charge on any atom is -0.0184 e. The molecular formula is C51H72NSiTi. The van der Waals surface area contributed by atoms with E-state index in [-0.39, 0.29) is 0 Å². The van der Waals surface area contributed by atoms with Gasteiger partial charge in [0.1, 0.15) is 0 Å². The zero-order valence-electron chi connectivity index (χ0n) is 34.7. The molecule has 1 atom stereocenters. The molecule has 54 heavy (non-hydrogen) atoms. The van der Waals surface area contributed by atoms with Crippen LogP contribution in [0.4, 0.5) is 0 Å². The van der Waals surface area contributed by atoms with Crippen molar-refractivity contribution in [1.29, 1.82) is 0 Å². The number of benzene rings is 4. The molecule has 1 nitrogen and oxygen atoms in total. The van der Waals surface area contributed by atoms with Gasteiger partial charge in [-0.15, -0.1) is 0 Å². The molecule has 4 aromatic rings. The predicted molar refractivity (Wildman–Crippen MR) is 239 cm³/mol. The molecule has 0 radical (unpaired) electrons. The summed E-state index contributed by atoms with van der Waals surface area (Å²) in [6.07, 6.45) is 22.9. The number of hydrogen-bond acceptors (Lipinski definition) is 1. The minimum atomic E-state index is -1.79. The number of allylic oxidation sites excluding steroid dienone is 4. The van der Waals surface area contributed by atoms with E-state index in [0.29, 0.717) is 5.92 Å². The Morgan fingerprint density at radius 3 is 1.17 bits per heavy atom. The summed E-state index contributed by atoms with van der Waals surface area (Å²) in [5.41, 5.74) is 7.32. The van der Waals surface area contributed by atoms with Gasteiger partial charge in [-0.25, -0.2) is 0 Å². The molecule has 0 saturated carbocycles. The molecule has 0 aromatic heterocycles. The number of nitrogens with one attached hydrogen (secondary N) is 1. The molecule has 4 aromatic carbocycles. The molecular weight excluding hydrogens is 703 g/mol. The molecule has 0 spiro atoms. The molecule has 0 fully saturated rings. The second-order valence-electron chi connectivity index (χ2n) is 15.7. The second kappa shape index (κ2) is 26.2. The van der Waals surface area contributed by atoms with Crippen molar-refractivity contribution >= 4 is 17.0 Å². The molecule has 3 heteroatoms. The van der Waals surface area contributed by atoms with Gasteiger partial charge in [-0.05, 0) is 11.1 Å². The van der Waals surface area contributed by atoms with Crippen LogP contribution in [0.1, 0.15) is 137 Å². The van der Waals surface area contributed by atoms with Crippen molar-refractivity contribution in [2.75, 3.05) is 6.54 Å². The van der Waals surface area contributed by atoms with E-state index in [1.165, 1.54) is 120 Å². The monoisotopic (exact) mass is 774 g/mol. The standard InChI is InChI=1S/C18H38N.C12H11Si.C12H10.C9H13.Ti/c1-2-3-4-5-6-7-8-9-10-11-12-13-14-15-16-17-18-19;1-3-7-11(8-4-1)13-12-9-5-2-6-10-12;1-3-7-11(8-4-1)12-9-5-2-6-10-12;1-6-5-7(2)9(4)8(6)3;/h19H,2-18H2,1H3;1-10,13H;1-10H;6H,1-4H3;/q-1;;;;+1. The molecule has 289 valence electrons. The van der Waals surface area contributed by atoms with Crippen LogP contribution in [0.2, 0.25) is 0 Å². The fraction of sp³-hybridized carbons (Fsp3) is 0.451. The molecule has 1 aliphatic carbocycles. The smallest absolute Gasteiger partial charge is 0.0184 e. The van der Waals surface area contributed by atoms with Crippen LogP contribution in [0.25, 0.3) is 11.1 Å². The predicted octanol–water partition coefficient (Wildman–Crippen LogP) is 13.5. The summed E-state index contributed by atoms with van der Waals surface area (Å²) in [6.45, 7) is 11.8. The van der Waals surface area contributed by atoms with Crippen LogP contribution < -0.4 is 14.2 Å². The fourth-order valence-electron chi connectivity index (χ4n) is 8.13.